The third-order valence-electron chi connectivity index (χ3n) is 7.48. The summed E-state index contributed by atoms with van der Waals surface area (Å²) in [6, 6.07) is 20.8. The summed E-state index contributed by atoms with van der Waals surface area (Å²) in [6.45, 7) is 2.08. The van der Waals surface area contributed by atoms with Crippen molar-refractivity contribution in [3.63, 3.8) is 0 Å². The molecule has 36 heavy (non-hydrogen) atoms. The number of hydrogen-bond acceptors (Lipinski definition) is 4. The summed E-state index contributed by atoms with van der Waals surface area (Å²) in [5.41, 5.74) is 3.80. The van der Waals surface area contributed by atoms with E-state index in [0.717, 1.165) is 16.0 Å². The van der Waals surface area contributed by atoms with E-state index in [1.807, 2.05) is 60.7 Å². The average molecular weight is 497 g/mol. The summed E-state index contributed by atoms with van der Waals surface area (Å²) in [6.07, 6.45) is 0.580. The van der Waals surface area contributed by atoms with Gasteiger partial charge in [-0.2, -0.15) is 5.26 Å². The van der Waals surface area contributed by atoms with E-state index in [1.54, 1.807) is 22.8 Å². The fourth-order valence-corrected chi connectivity index (χ4v) is 5.92. The van der Waals surface area contributed by atoms with Gasteiger partial charge in [0.2, 0.25) is 0 Å². The molecule has 3 heterocycles. The number of likely N-dealkylation sites (tertiary alicyclic amines) is 1. The molecule has 7 nitrogen and oxygen atoms in total. The molecular formula is C28H21ClN4O3. The van der Waals surface area contributed by atoms with Crippen molar-refractivity contribution in [2.24, 2.45) is 0 Å². The van der Waals surface area contributed by atoms with Gasteiger partial charge in [0.25, 0.3) is 11.8 Å². The van der Waals surface area contributed by atoms with Gasteiger partial charge in [0.05, 0.1) is 28.4 Å². The van der Waals surface area contributed by atoms with E-state index in [9.17, 15) is 19.6 Å². The van der Waals surface area contributed by atoms with Crippen LogP contribution in [0.15, 0.2) is 66.7 Å². The zero-order valence-corrected chi connectivity index (χ0v) is 20.1. The molecule has 3 atom stereocenters. The number of amides is 4. The molecule has 3 aromatic rings. The molecule has 4 amide bonds. The number of halogens is 1. The third kappa shape index (κ3) is 3.15. The van der Waals surface area contributed by atoms with E-state index in [2.05, 4.69) is 0 Å². The molecule has 8 heteroatoms. The molecule has 3 fully saturated rings. The number of piperazine rings is 1. The molecule has 6 rings (SSSR count). The van der Waals surface area contributed by atoms with Crippen LogP contribution in [0, 0.1) is 18.3 Å². The standard InChI is InChI=1S/C28H21ClN4O3/c1-16-22(12-11-20(14-30)24(16)29)33-27(35)25-23-13-21(32(25)28(33)36)15-31(23)26(34)19-9-7-18(8-10-19)17-5-3-2-4-6-17/h2-12,21,23,25H,13,15H2,1H3/t21-,23-,25-/m0/s1. The number of nitriles is 1. The molecule has 3 saturated heterocycles. The molecule has 2 bridgehead atoms. The van der Waals surface area contributed by atoms with E-state index in [0.29, 0.717) is 29.8 Å². The van der Waals surface area contributed by atoms with Crippen molar-refractivity contribution in [2.45, 2.75) is 31.5 Å². The van der Waals surface area contributed by atoms with Crippen LogP contribution in [0.2, 0.25) is 5.02 Å². The van der Waals surface area contributed by atoms with Crippen LogP contribution >= 0.6 is 11.6 Å². The van der Waals surface area contributed by atoms with Gasteiger partial charge in [0.15, 0.2) is 0 Å². The van der Waals surface area contributed by atoms with Gasteiger partial charge in [-0.15, -0.1) is 0 Å². The molecule has 0 radical (unpaired) electrons. The van der Waals surface area contributed by atoms with Gasteiger partial charge in [-0.05, 0) is 54.3 Å². The smallest absolute Gasteiger partial charge is 0.331 e. The topological polar surface area (TPSA) is 84.7 Å². The molecule has 0 spiro atoms. The minimum atomic E-state index is -0.724. The van der Waals surface area contributed by atoms with Gasteiger partial charge in [-0.1, -0.05) is 54.1 Å². The van der Waals surface area contributed by atoms with Gasteiger partial charge in [0, 0.05) is 12.1 Å². The van der Waals surface area contributed by atoms with Gasteiger partial charge < -0.3 is 9.80 Å². The second kappa shape index (κ2) is 8.21. The lowest BCUT2D eigenvalue weighted by Gasteiger charge is -2.35. The highest BCUT2D eigenvalue weighted by atomic mass is 35.5. The minimum absolute atomic E-state index is 0.141. The second-order valence-electron chi connectivity index (χ2n) is 9.35. The Bertz CT molecular complexity index is 1460. The SMILES string of the molecule is Cc1c(N2C(=O)[C@@H]3[C@@H]4C[C@@H](CN4C(=O)c4ccc(-c5ccccc5)cc4)N3C2=O)ccc(C#N)c1Cl. The number of hydrogen-bond donors (Lipinski definition) is 0. The Balaban J connectivity index is 1.26. The molecule has 0 saturated carbocycles. The number of imide groups is 1. The maximum Gasteiger partial charge on any atom is 0.332 e. The third-order valence-corrected chi connectivity index (χ3v) is 7.97. The van der Waals surface area contributed by atoms with E-state index >= 15 is 0 Å². The largest absolute Gasteiger partial charge is 0.332 e. The molecule has 3 aromatic carbocycles. The predicted molar refractivity (Wildman–Crippen MR) is 135 cm³/mol. The first-order valence-electron chi connectivity index (χ1n) is 11.7. The predicted octanol–water partition coefficient (Wildman–Crippen LogP) is 4.62. The summed E-state index contributed by atoms with van der Waals surface area (Å²) >= 11 is 6.31. The molecule has 0 aromatic heterocycles. The van der Waals surface area contributed by atoms with E-state index < -0.39 is 12.1 Å². The Morgan fingerprint density at radius 3 is 2.39 bits per heavy atom. The van der Waals surface area contributed by atoms with Crippen LogP contribution in [0.5, 0.6) is 0 Å². The summed E-state index contributed by atoms with van der Waals surface area (Å²) in [4.78, 5) is 44.8. The normalized spacial score (nSPS) is 22.2. The van der Waals surface area contributed by atoms with E-state index in [1.165, 1.54) is 6.07 Å². The maximum absolute atomic E-state index is 13.5. The first kappa shape index (κ1) is 22.3. The average Bonchev–Trinajstić information content (AvgIpc) is 3.57. The van der Waals surface area contributed by atoms with E-state index in [-0.39, 0.29) is 34.5 Å². The van der Waals surface area contributed by atoms with Crippen molar-refractivity contribution in [3.05, 3.63) is 88.4 Å². The number of rotatable bonds is 3. The van der Waals surface area contributed by atoms with Crippen LogP contribution in [-0.2, 0) is 4.79 Å². The number of fused-ring (bicyclic) bond motifs is 5. The zero-order chi connectivity index (χ0) is 25.1. The van der Waals surface area contributed by atoms with Crippen LogP contribution in [-0.4, -0.2) is 52.3 Å². The minimum Gasteiger partial charge on any atom is -0.331 e. The zero-order valence-electron chi connectivity index (χ0n) is 19.4. The Morgan fingerprint density at radius 1 is 1.00 bits per heavy atom. The highest BCUT2D eigenvalue weighted by Gasteiger charge is 2.63. The monoisotopic (exact) mass is 496 g/mol. The van der Waals surface area contributed by atoms with Gasteiger partial charge >= 0.3 is 6.03 Å². The quantitative estimate of drug-likeness (QED) is 0.495. The van der Waals surface area contributed by atoms with Crippen LogP contribution in [0.1, 0.15) is 27.9 Å². The number of anilines is 1. The second-order valence-corrected chi connectivity index (χ2v) is 9.73. The molecule has 3 aliphatic heterocycles. The van der Waals surface area contributed by atoms with Crippen molar-refractivity contribution >= 4 is 35.1 Å². The van der Waals surface area contributed by atoms with Crippen molar-refractivity contribution in [2.75, 3.05) is 11.4 Å². The summed E-state index contributed by atoms with van der Waals surface area (Å²) in [7, 11) is 0. The molecule has 0 aliphatic carbocycles. The van der Waals surface area contributed by atoms with Crippen molar-refractivity contribution in [1.82, 2.24) is 9.80 Å². The fourth-order valence-electron chi connectivity index (χ4n) is 5.72. The Kier molecular flexibility index (Phi) is 5.09. The van der Waals surface area contributed by atoms with Crippen LogP contribution in [0.4, 0.5) is 10.5 Å². The van der Waals surface area contributed by atoms with Gasteiger partial charge in [0.1, 0.15) is 12.1 Å². The lowest BCUT2D eigenvalue weighted by atomic mass is 10.0. The number of carbonyl (C=O) groups excluding carboxylic acids is 3. The lowest BCUT2D eigenvalue weighted by molar-refractivity contribution is -0.121. The number of urea groups is 1. The Labute approximate surface area is 213 Å². The highest BCUT2D eigenvalue weighted by Crippen LogP contribution is 2.44. The summed E-state index contributed by atoms with van der Waals surface area (Å²) < 4.78 is 0. The van der Waals surface area contributed by atoms with Gasteiger partial charge in [-0.3, -0.25) is 9.59 Å². The lowest BCUT2D eigenvalue weighted by Crippen LogP contribution is -2.54. The Hall–Kier alpha value is -4.15. The molecular weight excluding hydrogens is 476 g/mol. The first-order chi connectivity index (χ1) is 17.4. The first-order valence-corrected chi connectivity index (χ1v) is 12.1. The van der Waals surface area contributed by atoms with Crippen molar-refractivity contribution < 1.29 is 14.4 Å². The molecule has 0 unspecified atom stereocenters. The fraction of sp³-hybridized carbons (Fsp3) is 0.214. The molecule has 178 valence electrons. The summed E-state index contributed by atoms with van der Waals surface area (Å²) in [5.74, 6) is -0.508. The summed E-state index contributed by atoms with van der Waals surface area (Å²) in [5, 5.41) is 9.46. The van der Waals surface area contributed by atoms with Crippen LogP contribution in [0.3, 0.4) is 0 Å². The number of nitrogens with zero attached hydrogens (tertiary/aromatic N) is 4. The van der Waals surface area contributed by atoms with Crippen molar-refractivity contribution in [3.8, 4) is 17.2 Å². The van der Waals surface area contributed by atoms with Crippen LogP contribution < -0.4 is 4.90 Å². The maximum atomic E-state index is 13.5. The highest BCUT2D eigenvalue weighted by molar-refractivity contribution is 6.33. The van der Waals surface area contributed by atoms with E-state index in [4.69, 9.17) is 11.6 Å². The Morgan fingerprint density at radius 2 is 1.69 bits per heavy atom. The van der Waals surface area contributed by atoms with Crippen LogP contribution in [0.25, 0.3) is 11.1 Å². The number of carbonyl (C=O) groups is 3. The molecule has 0 N–H and O–H groups in total. The number of benzene rings is 3. The van der Waals surface area contributed by atoms with Crippen molar-refractivity contribution in [1.29, 1.82) is 5.26 Å². The molecule has 3 aliphatic rings. The van der Waals surface area contributed by atoms with Gasteiger partial charge in [-0.25, -0.2) is 9.69 Å².